The molecule has 1 aromatic carbocycles. The van der Waals surface area contributed by atoms with Gasteiger partial charge in [0, 0.05) is 18.7 Å². The lowest BCUT2D eigenvalue weighted by molar-refractivity contribution is -0.116. The molecular formula is C16H16Cl2N2O2S. The van der Waals surface area contributed by atoms with E-state index in [4.69, 9.17) is 23.2 Å². The van der Waals surface area contributed by atoms with Crippen LogP contribution >= 0.6 is 34.5 Å². The van der Waals surface area contributed by atoms with Crippen molar-refractivity contribution in [1.29, 1.82) is 0 Å². The summed E-state index contributed by atoms with van der Waals surface area (Å²) in [6, 6.07) is 8.87. The lowest BCUT2D eigenvalue weighted by atomic mass is 10.2. The highest BCUT2D eigenvalue weighted by Gasteiger charge is 2.13. The Labute approximate surface area is 148 Å². The summed E-state index contributed by atoms with van der Waals surface area (Å²) in [5.74, 6) is -0.268. The number of anilines is 1. The summed E-state index contributed by atoms with van der Waals surface area (Å²) in [7, 11) is 0. The van der Waals surface area contributed by atoms with Crippen LogP contribution in [0.25, 0.3) is 0 Å². The molecule has 0 aliphatic heterocycles. The molecule has 23 heavy (non-hydrogen) atoms. The Kier molecular flexibility index (Phi) is 6.45. The third kappa shape index (κ3) is 5.23. The molecule has 0 unspecified atom stereocenters. The fraction of sp³-hybridized carbons (Fsp3) is 0.250. The molecule has 2 aromatic rings. The highest BCUT2D eigenvalue weighted by molar-refractivity contribution is 7.20. The van der Waals surface area contributed by atoms with Gasteiger partial charge < -0.3 is 10.6 Å². The molecule has 0 spiro atoms. The number of amides is 2. The van der Waals surface area contributed by atoms with Gasteiger partial charge in [-0.1, -0.05) is 42.3 Å². The molecule has 1 aromatic heterocycles. The van der Waals surface area contributed by atoms with Gasteiger partial charge in [0.1, 0.15) is 4.34 Å². The van der Waals surface area contributed by atoms with E-state index in [1.54, 1.807) is 6.07 Å². The van der Waals surface area contributed by atoms with E-state index in [-0.39, 0.29) is 11.8 Å². The minimum atomic E-state index is -0.265. The monoisotopic (exact) mass is 370 g/mol. The Morgan fingerprint density at radius 2 is 1.87 bits per heavy atom. The van der Waals surface area contributed by atoms with Gasteiger partial charge in [0.15, 0.2) is 0 Å². The molecule has 0 aliphatic carbocycles. The summed E-state index contributed by atoms with van der Waals surface area (Å²) >= 11 is 12.9. The number of thiophene rings is 1. The molecule has 1 heterocycles. The molecule has 0 atom stereocenters. The Bertz CT molecular complexity index is 699. The van der Waals surface area contributed by atoms with Gasteiger partial charge in [-0.05, 0) is 30.2 Å². The molecule has 0 saturated carbocycles. The summed E-state index contributed by atoms with van der Waals surface area (Å²) in [4.78, 5) is 23.5. The predicted octanol–water partition coefficient (Wildman–Crippen LogP) is 4.72. The van der Waals surface area contributed by atoms with E-state index in [9.17, 15) is 9.59 Å². The molecule has 0 saturated heterocycles. The number of hydrogen-bond acceptors (Lipinski definition) is 3. The van der Waals surface area contributed by atoms with Gasteiger partial charge in [-0.3, -0.25) is 9.59 Å². The summed E-state index contributed by atoms with van der Waals surface area (Å²) in [6.07, 6.45) is 1.31. The third-order valence-corrected chi connectivity index (χ3v) is 4.56. The van der Waals surface area contributed by atoms with Crippen molar-refractivity contribution in [3.05, 3.63) is 50.1 Å². The van der Waals surface area contributed by atoms with Crippen LogP contribution in [-0.2, 0) is 11.3 Å². The first-order valence-electron chi connectivity index (χ1n) is 7.11. The minimum Gasteiger partial charge on any atom is -0.348 e. The van der Waals surface area contributed by atoms with Crippen LogP contribution in [0.5, 0.6) is 0 Å². The zero-order valence-electron chi connectivity index (χ0n) is 12.5. The van der Waals surface area contributed by atoms with E-state index in [0.717, 1.165) is 29.0 Å². The second kappa shape index (κ2) is 8.34. The Morgan fingerprint density at radius 1 is 1.17 bits per heavy atom. The second-order valence-corrected chi connectivity index (χ2v) is 7.20. The molecule has 2 amide bonds. The molecule has 122 valence electrons. The van der Waals surface area contributed by atoms with Crippen LogP contribution in [0.3, 0.4) is 0 Å². The van der Waals surface area contributed by atoms with Crippen molar-refractivity contribution in [2.24, 2.45) is 0 Å². The van der Waals surface area contributed by atoms with E-state index < -0.39 is 0 Å². The van der Waals surface area contributed by atoms with E-state index in [2.05, 4.69) is 10.6 Å². The van der Waals surface area contributed by atoms with Crippen LogP contribution in [0, 0.1) is 0 Å². The number of rotatable bonds is 6. The summed E-state index contributed by atoms with van der Waals surface area (Å²) in [5, 5.41) is 5.60. The molecule has 2 N–H and O–H groups in total. The zero-order chi connectivity index (χ0) is 16.8. The van der Waals surface area contributed by atoms with Crippen molar-refractivity contribution in [2.45, 2.75) is 26.3 Å². The van der Waals surface area contributed by atoms with E-state index in [0.29, 0.717) is 27.2 Å². The van der Waals surface area contributed by atoms with E-state index >= 15 is 0 Å². The number of hydrogen-bond donors (Lipinski definition) is 2. The van der Waals surface area contributed by atoms with E-state index in [1.165, 1.54) is 0 Å². The molecular weight excluding hydrogens is 355 g/mol. The second-order valence-electron chi connectivity index (χ2n) is 4.92. The van der Waals surface area contributed by atoms with E-state index in [1.807, 2.05) is 31.2 Å². The average molecular weight is 371 g/mol. The smallest absolute Gasteiger partial charge is 0.253 e. The molecule has 0 bridgehead atoms. The van der Waals surface area contributed by atoms with Gasteiger partial charge in [0.2, 0.25) is 5.91 Å². The summed E-state index contributed by atoms with van der Waals surface area (Å²) in [6.45, 7) is 2.32. The fourth-order valence-corrected chi connectivity index (χ4v) is 3.39. The van der Waals surface area contributed by atoms with Gasteiger partial charge in [0.05, 0.1) is 9.90 Å². The first-order chi connectivity index (χ1) is 11.0. The maximum Gasteiger partial charge on any atom is 0.253 e. The Morgan fingerprint density at radius 3 is 2.43 bits per heavy atom. The van der Waals surface area contributed by atoms with Gasteiger partial charge in [-0.15, -0.1) is 11.3 Å². The quantitative estimate of drug-likeness (QED) is 0.772. The molecule has 7 heteroatoms. The standard InChI is InChI=1S/C16H16Cl2N2O2S/c1-2-3-14(21)20-11-6-4-10(5-7-11)9-19-16(22)12-8-13(17)23-15(12)18/h4-8H,2-3,9H2,1H3,(H,19,22)(H,20,21). The highest BCUT2D eigenvalue weighted by atomic mass is 35.5. The van der Waals surface area contributed by atoms with Gasteiger partial charge in [-0.2, -0.15) is 0 Å². The largest absolute Gasteiger partial charge is 0.348 e. The number of halogens is 2. The van der Waals surface area contributed by atoms with Crippen molar-refractivity contribution in [1.82, 2.24) is 5.32 Å². The molecule has 0 fully saturated rings. The third-order valence-electron chi connectivity index (χ3n) is 3.07. The SMILES string of the molecule is CCCC(=O)Nc1ccc(CNC(=O)c2cc(Cl)sc2Cl)cc1. The van der Waals surface area contributed by atoms with Crippen molar-refractivity contribution in [3.8, 4) is 0 Å². The van der Waals surface area contributed by atoms with Gasteiger partial charge >= 0.3 is 0 Å². The lowest BCUT2D eigenvalue weighted by Gasteiger charge is -2.07. The lowest BCUT2D eigenvalue weighted by Crippen LogP contribution is -2.22. The summed E-state index contributed by atoms with van der Waals surface area (Å²) in [5.41, 5.74) is 2.04. The van der Waals surface area contributed by atoms with Crippen molar-refractivity contribution in [2.75, 3.05) is 5.32 Å². The first kappa shape index (κ1) is 17.8. The Hall–Kier alpha value is -1.56. The fourth-order valence-electron chi connectivity index (χ4n) is 1.93. The number of carbonyl (C=O) groups excluding carboxylic acids is 2. The average Bonchev–Trinajstić information content (AvgIpc) is 2.85. The minimum absolute atomic E-state index is 0.00229. The van der Waals surface area contributed by atoms with Gasteiger partial charge in [-0.25, -0.2) is 0 Å². The normalized spacial score (nSPS) is 10.4. The number of nitrogens with one attached hydrogen (secondary N) is 2. The molecule has 2 rings (SSSR count). The molecule has 4 nitrogen and oxygen atoms in total. The van der Waals surface area contributed by atoms with Gasteiger partial charge in [0.25, 0.3) is 5.91 Å². The van der Waals surface area contributed by atoms with Crippen LogP contribution in [-0.4, -0.2) is 11.8 Å². The number of carbonyl (C=O) groups is 2. The molecule has 0 radical (unpaired) electrons. The van der Waals surface area contributed by atoms with Crippen LogP contribution in [0.2, 0.25) is 8.67 Å². The summed E-state index contributed by atoms with van der Waals surface area (Å²) < 4.78 is 0.855. The Balaban J connectivity index is 1.90. The zero-order valence-corrected chi connectivity index (χ0v) is 14.8. The molecule has 0 aliphatic rings. The number of benzene rings is 1. The maximum absolute atomic E-state index is 12.0. The first-order valence-corrected chi connectivity index (χ1v) is 8.68. The van der Waals surface area contributed by atoms with Crippen molar-refractivity contribution >= 4 is 52.0 Å². The topological polar surface area (TPSA) is 58.2 Å². The van der Waals surface area contributed by atoms with Crippen LogP contribution in [0.15, 0.2) is 30.3 Å². The van der Waals surface area contributed by atoms with Crippen LogP contribution < -0.4 is 10.6 Å². The van der Waals surface area contributed by atoms with Crippen LogP contribution in [0.4, 0.5) is 5.69 Å². The van der Waals surface area contributed by atoms with Crippen LogP contribution in [0.1, 0.15) is 35.7 Å². The van der Waals surface area contributed by atoms with Crippen molar-refractivity contribution < 1.29 is 9.59 Å². The predicted molar refractivity (Wildman–Crippen MR) is 95.5 cm³/mol. The van der Waals surface area contributed by atoms with Crippen molar-refractivity contribution in [3.63, 3.8) is 0 Å². The maximum atomic E-state index is 12.0. The highest BCUT2D eigenvalue weighted by Crippen LogP contribution is 2.31.